The van der Waals surface area contributed by atoms with E-state index in [4.69, 9.17) is 14.5 Å². The first kappa shape index (κ1) is 15.6. The lowest BCUT2D eigenvalue weighted by Gasteiger charge is -2.07. The minimum atomic E-state index is -0.640. The molecule has 3 rings (SSSR count). The SMILES string of the molecule is Cc1cc(C(=O)OCc2cc(C#N)ccc2F)c2c(C)noc2n1. The number of benzene rings is 1. The maximum absolute atomic E-state index is 13.8. The van der Waals surface area contributed by atoms with Gasteiger partial charge in [-0.3, -0.25) is 0 Å². The summed E-state index contributed by atoms with van der Waals surface area (Å²) in [6, 6.07) is 7.35. The highest BCUT2D eigenvalue weighted by molar-refractivity contribution is 6.03. The van der Waals surface area contributed by atoms with Gasteiger partial charge < -0.3 is 9.26 Å². The standard InChI is InChI=1S/C17H12FN3O3/c1-9-5-13(15-10(2)21-24-16(15)20-9)17(22)23-8-12-6-11(7-19)3-4-14(12)18/h3-6H,8H2,1-2H3. The number of fused-ring (bicyclic) bond motifs is 1. The van der Waals surface area contributed by atoms with Gasteiger partial charge in [0.05, 0.1) is 28.3 Å². The first-order chi connectivity index (χ1) is 11.5. The lowest BCUT2D eigenvalue weighted by Crippen LogP contribution is -2.08. The molecule has 120 valence electrons. The van der Waals surface area contributed by atoms with Crippen LogP contribution in [0.3, 0.4) is 0 Å². The summed E-state index contributed by atoms with van der Waals surface area (Å²) in [5.74, 6) is -1.18. The molecule has 2 aromatic heterocycles. The number of carbonyl (C=O) groups is 1. The van der Waals surface area contributed by atoms with Gasteiger partial charge in [0.15, 0.2) is 0 Å². The summed E-state index contributed by atoms with van der Waals surface area (Å²) in [5.41, 5.74) is 2.02. The predicted octanol–water partition coefficient (Wildman–Crippen LogP) is 3.21. The Balaban J connectivity index is 1.89. The van der Waals surface area contributed by atoms with Gasteiger partial charge in [-0.1, -0.05) is 5.16 Å². The second-order valence-corrected chi connectivity index (χ2v) is 5.25. The number of aryl methyl sites for hydroxylation is 2. The molecule has 0 bridgehead atoms. The number of nitrogens with zero attached hydrogens (tertiary/aromatic N) is 3. The molecule has 0 saturated carbocycles. The van der Waals surface area contributed by atoms with Gasteiger partial charge in [0.2, 0.25) is 0 Å². The molecule has 24 heavy (non-hydrogen) atoms. The van der Waals surface area contributed by atoms with E-state index in [1.807, 2.05) is 6.07 Å². The van der Waals surface area contributed by atoms with Crippen LogP contribution in [0, 0.1) is 31.0 Å². The predicted molar refractivity (Wildman–Crippen MR) is 81.5 cm³/mol. The van der Waals surface area contributed by atoms with Crippen molar-refractivity contribution in [2.45, 2.75) is 20.5 Å². The summed E-state index contributed by atoms with van der Waals surface area (Å²) in [6.07, 6.45) is 0. The molecular formula is C17H12FN3O3. The van der Waals surface area contributed by atoms with Gasteiger partial charge in [0, 0.05) is 11.3 Å². The summed E-state index contributed by atoms with van der Waals surface area (Å²) >= 11 is 0. The maximum atomic E-state index is 13.8. The van der Waals surface area contributed by atoms with E-state index in [-0.39, 0.29) is 23.4 Å². The van der Waals surface area contributed by atoms with Gasteiger partial charge in [0.1, 0.15) is 12.4 Å². The Morgan fingerprint density at radius 3 is 2.92 bits per heavy atom. The van der Waals surface area contributed by atoms with Gasteiger partial charge in [-0.15, -0.1) is 0 Å². The summed E-state index contributed by atoms with van der Waals surface area (Å²) in [7, 11) is 0. The van der Waals surface area contributed by atoms with E-state index in [0.29, 0.717) is 22.3 Å². The van der Waals surface area contributed by atoms with Crippen molar-refractivity contribution in [2.24, 2.45) is 0 Å². The molecular weight excluding hydrogens is 313 g/mol. The van der Waals surface area contributed by atoms with Crippen LogP contribution in [-0.4, -0.2) is 16.1 Å². The van der Waals surface area contributed by atoms with Crippen molar-refractivity contribution in [1.82, 2.24) is 10.1 Å². The number of esters is 1. The van der Waals surface area contributed by atoms with Gasteiger partial charge in [-0.05, 0) is 38.1 Å². The van der Waals surface area contributed by atoms with Crippen LogP contribution in [0.15, 0.2) is 28.8 Å². The molecule has 0 N–H and O–H groups in total. The Kier molecular flexibility index (Phi) is 3.96. The van der Waals surface area contributed by atoms with Crippen LogP contribution in [0.25, 0.3) is 11.1 Å². The van der Waals surface area contributed by atoms with Crippen molar-refractivity contribution in [1.29, 1.82) is 5.26 Å². The van der Waals surface area contributed by atoms with E-state index in [0.717, 1.165) is 0 Å². The van der Waals surface area contributed by atoms with Crippen LogP contribution in [-0.2, 0) is 11.3 Å². The lowest BCUT2D eigenvalue weighted by atomic mass is 10.1. The van der Waals surface area contributed by atoms with E-state index in [9.17, 15) is 9.18 Å². The fourth-order valence-electron chi connectivity index (χ4n) is 2.35. The van der Waals surface area contributed by atoms with E-state index in [1.165, 1.54) is 18.2 Å². The largest absolute Gasteiger partial charge is 0.457 e. The van der Waals surface area contributed by atoms with Crippen molar-refractivity contribution in [2.75, 3.05) is 0 Å². The average molecular weight is 325 g/mol. The molecule has 7 heteroatoms. The maximum Gasteiger partial charge on any atom is 0.339 e. The van der Waals surface area contributed by atoms with E-state index in [1.54, 1.807) is 19.9 Å². The zero-order chi connectivity index (χ0) is 17.3. The van der Waals surface area contributed by atoms with Gasteiger partial charge >= 0.3 is 5.97 Å². The molecule has 6 nitrogen and oxygen atoms in total. The Morgan fingerprint density at radius 2 is 2.17 bits per heavy atom. The fourth-order valence-corrected chi connectivity index (χ4v) is 2.35. The third kappa shape index (κ3) is 2.82. The van der Waals surface area contributed by atoms with Crippen LogP contribution in [0.2, 0.25) is 0 Å². The molecule has 0 aliphatic carbocycles. The second-order valence-electron chi connectivity index (χ2n) is 5.25. The normalized spacial score (nSPS) is 10.6. The van der Waals surface area contributed by atoms with Crippen molar-refractivity contribution in [3.63, 3.8) is 0 Å². The minimum absolute atomic E-state index is 0.131. The Bertz CT molecular complexity index is 989. The number of aromatic nitrogens is 2. The summed E-state index contributed by atoms with van der Waals surface area (Å²) in [5, 5.41) is 13.1. The minimum Gasteiger partial charge on any atom is -0.457 e. The van der Waals surface area contributed by atoms with E-state index < -0.39 is 11.8 Å². The van der Waals surface area contributed by atoms with Crippen molar-refractivity contribution >= 4 is 17.1 Å². The Hall–Kier alpha value is -3.27. The molecule has 0 atom stereocenters. The number of carbonyl (C=O) groups excluding carboxylic acids is 1. The molecule has 0 saturated heterocycles. The zero-order valence-corrected chi connectivity index (χ0v) is 13.0. The number of nitriles is 1. The Morgan fingerprint density at radius 1 is 1.38 bits per heavy atom. The molecule has 0 radical (unpaired) electrons. The number of rotatable bonds is 3. The third-order valence-corrected chi connectivity index (χ3v) is 3.50. The van der Waals surface area contributed by atoms with E-state index in [2.05, 4.69) is 10.1 Å². The van der Waals surface area contributed by atoms with Crippen LogP contribution in [0.5, 0.6) is 0 Å². The summed E-state index contributed by atoms with van der Waals surface area (Å²) in [4.78, 5) is 16.6. The second kappa shape index (κ2) is 6.08. The molecule has 1 aromatic carbocycles. The molecule has 0 fully saturated rings. The lowest BCUT2D eigenvalue weighted by molar-refractivity contribution is 0.0471. The molecule has 0 aliphatic heterocycles. The molecule has 0 unspecified atom stereocenters. The molecule has 0 amide bonds. The first-order valence-corrected chi connectivity index (χ1v) is 7.09. The smallest absolute Gasteiger partial charge is 0.339 e. The van der Waals surface area contributed by atoms with Crippen molar-refractivity contribution < 1.29 is 18.4 Å². The number of halogens is 1. The van der Waals surface area contributed by atoms with Crippen LogP contribution in [0.1, 0.15) is 32.9 Å². The van der Waals surface area contributed by atoms with Gasteiger partial charge in [-0.25, -0.2) is 14.2 Å². The third-order valence-electron chi connectivity index (χ3n) is 3.50. The zero-order valence-electron chi connectivity index (χ0n) is 13.0. The van der Waals surface area contributed by atoms with Gasteiger partial charge in [-0.2, -0.15) is 5.26 Å². The molecule has 3 aromatic rings. The monoisotopic (exact) mass is 325 g/mol. The highest BCUT2D eigenvalue weighted by atomic mass is 19.1. The average Bonchev–Trinajstić information content (AvgIpc) is 2.94. The molecule has 2 heterocycles. The summed E-state index contributed by atoms with van der Waals surface area (Å²) in [6.45, 7) is 3.12. The fraction of sp³-hybridized carbons (Fsp3) is 0.176. The molecule has 0 spiro atoms. The van der Waals surface area contributed by atoms with Crippen LogP contribution in [0.4, 0.5) is 4.39 Å². The first-order valence-electron chi connectivity index (χ1n) is 7.09. The number of hydrogen-bond donors (Lipinski definition) is 0. The van der Waals surface area contributed by atoms with Gasteiger partial charge in [0.25, 0.3) is 5.71 Å². The number of pyridine rings is 1. The topological polar surface area (TPSA) is 89.0 Å². The van der Waals surface area contributed by atoms with Crippen molar-refractivity contribution in [3.05, 3.63) is 58.2 Å². The van der Waals surface area contributed by atoms with E-state index >= 15 is 0 Å². The highest BCUT2D eigenvalue weighted by Gasteiger charge is 2.19. The summed E-state index contributed by atoms with van der Waals surface area (Å²) < 4.78 is 24.0. The molecule has 0 aliphatic rings. The quantitative estimate of drug-likeness (QED) is 0.687. The Labute approximate surface area is 136 Å². The number of ether oxygens (including phenoxy) is 1. The number of hydrogen-bond acceptors (Lipinski definition) is 6. The van der Waals surface area contributed by atoms with Crippen LogP contribution < -0.4 is 0 Å². The highest BCUT2D eigenvalue weighted by Crippen LogP contribution is 2.23. The van der Waals surface area contributed by atoms with Crippen molar-refractivity contribution in [3.8, 4) is 6.07 Å². The van der Waals surface area contributed by atoms with Crippen LogP contribution >= 0.6 is 0 Å².